The normalized spacial score (nSPS) is 25.7. The number of rotatable bonds is 3. The highest BCUT2D eigenvalue weighted by Crippen LogP contribution is 2.26. The van der Waals surface area contributed by atoms with Gasteiger partial charge in [-0.25, -0.2) is 4.39 Å². The number of aliphatic hydroxyl groups excluding tert-OH is 1. The first kappa shape index (κ1) is 14.3. The third-order valence-electron chi connectivity index (χ3n) is 3.68. The van der Waals surface area contributed by atoms with Gasteiger partial charge in [-0.05, 0) is 43.9 Å². The molecule has 0 saturated heterocycles. The van der Waals surface area contributed by atoms with Crippen LogP contribution in [0.5, 0.6) is 5.75 Å². The zero-order valence-corrected chi connectivity index (χ0v) is 11.3. The molecule has 1 aromatic carbocycles. The minimum absolute atomic E-state index is 0.202. The predicted molar refractivity (Wildman–Crippen MR) is 72.5 cm³/mol. The van der Waals surface area contributed by atoms with E-state index in [1.54, 1.807) is 12.1 Å². The smallest absolute Gasteiger partial charge is 0.165 e. The minimum atomic E-state index is -0.505. The molecule has 106 valence electrons. The van der Waals surface area contributed by atoms with Crippen LogP contribution in [-0.2, 0) is 0 Å². The molecule has 0 radical (unpaired) electrons. The van der Waals surface area contributed by atoms with Gasteiger partial charge in [0.1, 0.15) is 6.10 Å². The average Bonchev–Trinajstić information content (AvgIpc) is 2.57. The summed E-state index contributed by atoms with van der Waals surface area (Å²) in [5.74, 6) is -0.207. The molecule has 2 rings (SSSR count). The van der Waals surface area contributed by atoms with Gasteiger partial charge in [-0.15, -0.1) is 0 Å². The molecule has 1 fully saturated rings. The summed E-state index contributed by atoms with van der Waals surface area (Å²) in [7, 11) is 0. The van der Waals surface area contributed by atoms with Gasteiger partial charge in [0, 0.05) is 6.04 Å². The van der Waals surface area contributed by atoms with E-state index in [1.807, 2.05) is 6.92 Å². The second-order valence-electron chi connectivity index (χ2n) is 5.34. The number of nitrogens with two attached hydrogens (primary N) is 1. The van der Waals surface area contributed by atoms with E-state index in [9.17, 15) is 9.50 Å². The Hall–Kier alpha value is -1.13. The maximum absolute atomic E-state index is 13.9. The average molecular weight is 267 g/mol. The second-order valence-corrected chi connectivity index (χ2v) is 5.34. The number of benzene rings is 1. The van der Waals surface area contributed by atoms with Crippen LogP contribution < -0.4 is 10.5 Å². The van der Waals surface area contributed by atoms with Gasteiger partial charge in [0.05, 0.1) is 6.10 Å². The largest absolute Gasteiger partial charge is 0.485 e. The Morgan fingerprint density at radius 1 is 1.32 bits per heavy atom. The summed E-state index contributed by atoms with van der Waals surface area (Å²) in [4.78, 5) is 0. The van der Waals surface area contributed by atoms with Crippen molar-refractivity contribution in [3.05, 3.63) is 29.6 Å². The first-order chi connectivity index (χ1) is 9.08. The molecule has 0 heterocycles. The summed E-state index contributed by atoms with van der Waals surface area (Å²) in [6, 6.07) is 4.58. The van der Waals surface area contributed by atoms with E-state index < -0.39 is 11.9 Å². The summed E-state index contributed by atoms with van der Waals surface area (Å²) in [6.45, 7) is 1.81. The molecule has 0 bridgehead atoms. The van der Waals surface area contributed by atoms with Gasteiger partial charge in [-0.1, -0.05) is 18.9 Å². The molecule has 1 aromatic rings. The van der Waals surface area contributed by atoms with Gasteiger partial charge >= 0.3 is 0 Å². The molecule has 1 saturated carbocycles. The van der Waals surface area contributed by atoms with Gasteiger partial charge < -0.3 is 15.6 Å². The van der Waals surface area contributed by atoms with Crippen LogP contribution in [0.3, 0.4) is 0 Å². The fraction of sp³-hybridized carbons (Fsp3) is 0.600. The Labute approximate surface area is 113 Å². The van der Waals surface area contributed by atoms with Crippen LogP contribution in [0.1, 0.15) is 50.6 Å². The van der Waals surface area contributed by atoms with E-state index in [1.165, 1.54) is 6.07 Å². The summed E-state index contributed by atoms with van der Waals surface area (Å²) in [5.41, 5.74) is 6.45. The highest BCUT2D eigenvalue weighted by Gasteiger charge is 2.24. The third-order valence-corrected chi connectivity index (χ3v) is 3.68. The van der Waals surface area contributed by atoms with E-state index >= 15 is 0 Å². The molecule has 19 heavy (non-hydrogen) atoms. The van der Waals surface area contributed by atoms with Crippen molar-refractivity contribution in [3.63, 3.8) is 0 Å². The van der Waals surface area contributed by atoms with Crippen LogP contribution in [0.2, 0.25) is 0 Å². The lowest BCUT2D eigenvalue weighted by Crippen LogP contribution is -2.30. The number of hydrogen-bond donors (Lipinski definition) is 2. The van der Waals surface area contributed by atoms with Crippen molar-refractivity contribution in [1.29, 1.82) is 0 Å². The van der Waals surface area contributed by atoms with Gasteiger partial charge in [0.2, 0.25) is 0 Å². The van der Waals surface area contributed by atoms with Crippen molar-refractivity contribution in [3.8, 4) is 5.75 Å². The molecule has 3 nitrogen and oxygen atoms in total. The van der Waals surface area contributed by atoms with Crippen molar-refractivity contribution in [1.82, 2.24) is 0 Å². The maximum atomic E-state index is 13.9. The molecule has 0 spiro atoms. The first-order valence-corrected chi connectivity index (χ1v) is 6.97. The van der Waals surface area contributed by atoms with Crippen LogP contribution in [0.15, 0.2) is 18.2 Å². The quantitative estimate of drug-likeness (QED) is 0.828. The van der Waals surface area contributed by atoms with Crippen molar-refractivity contribution < 1.29 is 14.2 Å². The van der Waals surface area contributed by atoms with Crippen molar-refractivity contribution >= 4 is 0 Å². The van der Waals surface area contributed by atoms with Crippen molar-refractivity contribution in [2.75, 3.05) is 0 Å². The molecule has 3 N–H and O–H groups in total. The molecule has 4 heteroatoms. The van der Waals surface area contributed by atoms with E-state index in [0.29, 0.717) is 0 Å². The van der Waals surface area contributed by atoms with Crippen molar-refractivity contribution in [2.24, 2.45) is 5.73 Å². The zero-order chi connectivity index (χ0) is 13.8. The number of ether oxygens (including phenoxy) is 1. The topological polar surface area (TPSA) is 55.5 Å². The van der Waals surface area contributed by atoms with Gasteiger partial charge in [0.15, 0.2) is 11.6 Å². The number of aliphatic hydroxyl groups is 1. The maximum Gasteiger partial charge on any atom is 0.165 e. The fourth-order valence-corrected chi connectivity index (χ4v) is 2.45. The summed E-state index contributed by atoms with van der Waals surface area (Å²) < 4.78 is 19.6. The Bertz CT molecular complexity index is 423. The number of halogens is 1. The lowest BCUT2D eigenvalue weighted by molar-refractivity contribution is 0.0298. The van der Waals surface area contributed by atoms with Crippen LogP contribution in [0, 0.1) is 5.82 Å². The van der Waals surface area contributed by atoms with Crippen LogP contribution >= 0.6 is 0 Å². The summed E-state index contributed by atoms with van der Waals surface area (Å²) in [6.07, 6.45) is 3.81. The monoisotopic (exact) mass is 267 g/mol. The van der Waals surface area contributed by atoms with E-state index in [0.717, 1.165) is 37.7 Å². The fourth-order valence-electron chi connectivity index (χ4n) is 2.45. The Morgan fingerprint density at radius 2 is 2.05 bits per heavy atom. The molecule has 0 amide bonds. The first-order valence-electron chi connectivity index (χ1n) is 6.97. The highest BCUT2D eigenvalue weighted by atomic mass is 19.1. The van der Waals surface area contributed by atoms with Gasteiger partial charge in [-0.2, -0.15) is 0 Å². The molecule has 1 aliphatic rings. The Kier molecular flexibility index (Phi) is 4.77. The van der Waals surface area contributed by atoms with E-state index in [4.69, 9.17) is 10.5 Å². The van der Waals surface area contributed by atoms with Gasteiger partial charge in [0.25, 0.3) is 0 Å². The molecular formula is C15H22FNO2. The summed E-state index contributed by atoms with van der Waals surface area (Å²) in [5, 5.41) is 9.98. The molecule has 0 aliphatic heterocycles. The third kappa shape index (κ3) is 3.67. The Morgan fingerprint density at radius 3 is 2.74 bits per heavy atom. The molecular weight excluding hydrogens is 245 g/mol. The Balaban J connectivity index is 2.09. The second kappa shape index (κ2) is 6.35. The standard InChI is InChI=1S/C15H22FNO2/c1-10(17)11-7-8-14(12(16)9-11)19-15-6-4-2-3-5-13(15)18/h7-10,13,15,18H,2-6,17H2,1H3/t10-,13?,15?/m1/s1. The molecule has 3 atom stereocenters. The lowest BCUT2D eigenvalue weighted by Gasteiger charge is -2.22. The van der Waals surface area contributed by atoms with Gasteiger partial charge in [-0.3, -0.25) is 0 Å². The predicted octanol–water partition coefficient (Wildman–Crippen LogP) is 2.92. The van der Waals surface area contributed by atoms with E-state index in [-0.39, 0.29) is 17.9 Å². The van der Waals surface area contributed by atoms with Crippen LogP contribution in [0.25, 0.3) is 0 Å². The molecule has 0 aromatic heterocycles. The highest BCUT2D eigenvalue weighted by molar-refractivity contribution is 5.31. The SMILES string of the molecule is C[C@@H](N)c1ccc(OC2CCCCCC2O)c(F)c1. The summed E-state index contributed by atoms with van der Waals surface area (Å²) >= 11 is 0. The lowest BCUT2D eigenvalue weighted by atomic mass is 10.1. The van der Waals surface area contributed by atoms with Crippen LogP contribution in [-0.4, -0.2) is 17.3 Å². The van der Waals surface area contributed by atoms with E-state index in [2.05, 4.69) is 0 Å². The van der Waals surface area contributed by atoms with Crippen LogP contribution in [0.4, 0.5) is 4.39 Å². The zero-order valence-electron chi connectivity index (χ0n) is 11.3. The number of hydrogen-bond acceptors (Lipinski definition) is 3. The molecule has 2 unspecified atom stereocenters. The minimum Gasteiger partial charge on any atom is -0.485 e. The van der Waals surface area contributed by atoms with Crippen molar-refractivity contribution in [2.45, 2.75) is 57.3 Å². The molecule has 1 aliphatic carbocycles.